The third-order valence-electron chi connectivity index (χ3n) is 8.59. The molecule has 0 spiro atoms. The predicted molar refractivity (Wildman–Crippen MR) is 181 cm³/mol. The number of allylic oxidation sites excluding steroid dienone is 2. The highest BCUT2D eigenvalue weighted by Gasteiger charge is 2.26. The van der Waals surface area contributed by atoms with E-state index in [9.17, 15) is 30.3 Å². The third kappa shape index (κ3) is 15.1. The maximum Gasteiger partial charge on any atom is 0.303 e. The van der Waals surface area contributed by atoms with E-state index < -0.39 is 24.3 Å². The summed E-state index contributed by atoms with van der Waals surface area (Å²) >= 11 is 0. The van der Waals surface area contributed by atoms with Crippen LogP contribution in [0.15, 0.2) is 47.6 Å². The maximum atomic E-state index is 11.2. The fraction of sp³-hybridized carbons (Fsp3) is 0.649. The number of aliphatic hydroxyl groups is 4. The number of unbranched alkanes of at least 4 members (excludes halogenated alkanes) is 2. The lowest BCUT2D eigenvalue weighted by atomic mass is 9.86. The second-order valence-corrected chi connectivity index (χ2v) is 12.4. The summed E-state index contributed by atoms with van der Waals surface area (Å²) in [5.41, 5.74) is 4.02. The van der Waals surface area contributed by atoms with Crippen LogP contribution in [0.2, 0.25) is 0 Å². The van der Waals surface area contributed by atoms with E-state index in [2.05, 4.69) is 35.5 Å². The number of aryl methyl sites for hydroxylation is 1. The highest BCUT2D eigenvalue weighted by Crippen LogP contribution is 2.27. The van der Waals surface area contributed by atoms with Gasteiger partial charge in [0, 0.05) is 36.5 Å². The first kappa shape index (κ1) is 38.7. The van der Waals surface area contributed by atoms with Crippen LogP contribution in [0.5, 0.6) is 0 Å². The number of carbonyl (C=O) groups is 1. The molecule has 0 radical (unpaired) electrons. The fourth-order valence-electron chi connectivity index (χ4n) is 5.97. The van der Waals surface area contributed by atoms with Crippen molar-refractivity contribution < 1.29 is 30.3 Å². The Hall–Kier alpha value is -2.51. The minimum atomic E-state index is -0.961. The Bertz CT molecular complexity index is 1120. The Kier molecular flexibility index (Phi) is 19.0. The molecule has 0 bridgehead atoms. The lowest BCUT2D eigenvalue weighted by molar-refractivity contribution is -0.137. The van der Waals surface area contributed by atoms with Gasteiger partial charge in [-0.05, 0) is 81.2 Å². The van der Waals surface area contributed by atoms with E-state index in [4.69, 9.17) is 0 Å². The van der Waals surface area contributed by atoms with Crippen LogP contribution in [-0.4, -0.2) is 81.1 Å². The molecular weight excluding hydrogens is 568 g/mol. The van der Waals surface area contributed by atoms with Gasteiger partial charge in [0.25, 0.3) is 0 Å². The van der Waals surface area contributed by atoms with Crippen LogP contribution in [0.3, 0.4) is 0 Å². The lowest BCUT2D eigenvalue weighted by Gasteiger charge is -2.32. The van der Waals surface area contributed by atoms with Gasteiger partial charge in [0.15, 0.2) is 0 Å². The molecule has 1 aromatic rings. The van der Waals surface area contributed by atoms with Crippen molar-refractivity contribution >= 4 is 5.97 Å². The molecule has 1 aliphatic heterocycles. The molecule has 1 aromatic carbocycles. The molecule has 8 heteroatoms. The van der Waals surface area contributed by atoms with E-state index >= 15 is 0 Å². The Morgan fingerprint density at radius 3 is 2.56 bits per heavy atom. The Balaban J connectivity index is 2.56. The molecule has 1 aliphatic rings. The van der Waals surface area contributed by atoms with Crippen LogP contribution in [0.25, 0.3) is 0 Å². The van der Waals surface area contributed by atoms with E-state index in [1.54, 1.807) is 6.92 Å². The van der Waals surface area contributed by atoms with Crippen molar-refractivity contribution in [3.8, 4) is 11.8 Å². The van der Waals surface area contributed by atoms with Crippen molar-refractivity contribution in [2.45, 2.75) is 141 Å². The second-order valence-electron chi connectivity index (χ2n) is 12.4. The number of hydrogen-bond donors (Lipinski definition) is 7. The molecule has 0 amide bonds. The predicted octanol–water partition coefficient (Wildman–Crippen LogP) is 4.63. The smallest absolute Gasteiger partial charge is 0.303 e. The van der Waals surface area contributed by atoms with Crippen LogP contribution in [0, 0.1) is 11.8 Å². The molecule has 0 saturated heterocycles. The molecule has 0 saturated carbocycles. The molecule has 252 valence electrons. The summed E-state index contributed by atoms with van der Waals surface area (Å²) in [5, 5.41) is 58.6. The first-order valence-electron chi connectivity index (χ1n) is 17.0. The zero-order valence-corrected chi connectivity index (χ0v) is 27.7. The second kappa shape index (κ2) is 22.1. The van der Waals surface area contributed by atoms with E-state index in [0.29, 0.717) is 32.1 Å². The summed E-state index contributed by atoms with van der Waals surface area (Å²) in [7, 11) is 0. The van der Waals surface area contributed by atoms with Crippen molar-refractivity contribution in [2.75, 3.05) is 13.2 Å². The summed E-state index contributed by atoms with van der Waals surface area (Å²) in [6.07, 6.45) is 10.3. The Morgan fingerprint density at radius 2 is 1.87 bits per heavy atom. The third-order valence-corrected chi connectivity index (χ3v) is 8.59. The monoisotopic (exact) mass is 626 g/mol. The number of benzene rings is 1. The topological polar surface area (TPSA) is 142 Å². The average molecular weight is 627 g/mol. The van der Waals surface area contributed by atoms with Crippen molar-refractivity contribution in [1.29, 1.82) is 0 Å². The minimum absolute atomic E-state index is 0.0698. The summed E-state index contributed by atoms with van der Waals surface area (Å²) in [6.45, 7) is 6.28. The van der Waals surface area contributed by atoms with Crippen LogP contribution in [-0.2, 0) is 11.2 Å². The number of carboxylic acid groups (broad SMARTS) is 1. The maximum absolute atomic E-state index is 11.2. The number of rotatable bonds is 19. The summed E-state index contributed by atoms with van der Waals surface area (Å²) < 4.78 is 0. The Morgan fingerprint density at radius 1 is 1.09 bits per heavy atom. The van der Waals surface area contributed by atoms with Gasteiger partial charge in [0.05, 0.1) is 24.9 Å². The molecule has 6 atom stereocenters. The highest BCUT2D eigenvalue weighted by atomic mass is 16.4. The van der Waals surface area contributed by atoms with E-state index in [1.807, 2.05) is 37.3 Å². The molecule has 0 aromatic heterocycles. The number of fused-ring (bicyclic) bond motifs is 1. The molecule has 0 fully saturated rings. The molecule has 1 heterocycles. The number of carboxylic acids is 1. The minimum Gasteiger partial charge on any atom is -0.481 e. The van der Waals surface area contributed by atoms with Gasteiger partial charge in [-0.3, -0.25) is 4.79 Å². The zero-order valence-electron chi connectivity index (χ0n) is 27.7. The number of hydrogen-bond acceptors (Lipinski definition) is 7. The number of nitrogens with one attached hydrogen (secondary N) is 2. The molecule has 7 N–H and O–H groups in total. The summed E-state index contributed by atoms with van der Waals surface area (Å²) in [6, 6.07) is 7.58. The molecule has 2 rings (SSSR count). The van der Waals surface area contributed by atoms with Gasteiger partial charge in [-0.25, -0.2) is 0 Å². The van der Waals surface area contributed by atoms with Crippen molar-refractivity contribution in [2.24, 2.45) is 0 Å². The normalized spacial score (nSPS) is 21.9. The first-order valence-corrected chi connectivity index (χ1v) is 17.0. The molecule has 45 heavy (non-hydrogen) atoms. The molecule has 8 nitrogen and oxygen atoms in total. The van der Waals surface area contributed by atoms with Gasteiger partial charge in [0.1, 0.15) is 0 Å². The number of aliphatic carboxylic acids is 1. The standard InChI is InChI=1S/C37H58N2O6/c1-4-6-7-16-32(42)23-21-30-20-19-29-13-9-8-12-28(29)14-10-17-35(27(3)41)39-36(34(30)25-33(43)26-40)18-11-15-31(38-5-2)22-24-37(44)45/h8-9,12-13,21,23,27,31-33,35-36,38-43H,4-7,11,15-20,22,24-26H2,1-3H3,(H,44,45)/b23-21+,34-30+/t27-,31+,32-,33-,35+,36+/m0/s1. The van der Waals surface area contributed by atoms with Crippen LogP contribution < -0.4 is 10.6 Å². The van der Waals surface area contributed by atoms with Gasteiger partial charge in [-0.1, -0.05) is 81.7 Å². The SMILES string of the molecule is CCCCC[C@H](O)/C=C/C1=C(\C[C@H](O)CO)[C@@H](CCC[C@H](CCC(=O)O)NCC)N[C@@H]([C@H](C)O)CC#Cc2ccccc2CC1. The van der Waals surface area contributed by atoms with Crippen molar-refractivity contribution in [1.82, 2.24) is 10.6 Å². The Labute approximate surface area is 271 Å². The molecule has 0 aliphatic carbocycles. The van der Waals surface area contributed by atoms with E-state index in [0.717, 1.165) is 67.3 Å². The van der Waals surface area contributed by atoms with Gasteiger partial charge in [-0.15, -0.1) is 0 Å². The van der Waals surface area contributed by atoms with E-state index in [-0.39, 0.29) is 37.6 Å². The zero-order chi connectivity index (χ0) is 33.0. The van der Waals surface area contributed by atoms with Crippen molar-refractivity contribution in [3.63, 3.8) is 0 Å². The van der Waals surface area contributed by atoms with Gasteiger partial charge < -0.3 is 36.2 Å². The highest BCUT2D eigenvalue weighted by molar-refractivity contribution is 5.66. The van der Waals surface area contributed by atoms with Crippen LogP contribution in [0.4, 0.5) is 0 Å². The van der Waals surface area contributed by atoms with Crippen molar-refractivity contribution in [3.05, 3.63) is 58.7 Å². The number of aliphatic hydroxyl groups excluding tert-OH is 4. The van der Waals surface area contributed by atoms with Crippen LogP contribution >= 0.6 is 0 Å². The van der Waals surface area contributed by atoms with E-state index in [1.165, 1.54) is 0 Å². The summed E-state index contributed by atoms with van der Waals surface area (Å²) in [4.78, 5) is 11.2. The lowest BCUT2D eigenvalue weighted by Crippen LogP contribution is -2.46. The summed E-state index contributed by atoms with van der Waals surface area (Å²) in [5.74, 6) is 5.79. The fourth-order valence-corrected chi connectivity index (χ4v) is 5.97. The van der Waals surface area contributed by atoms with Gasteiger partial charge in [0.2, 0.25) is 0 Å². The molecular formula is C37H58N2O6. The first-order chi connectivity index (χ1) is 21.7. The van der Waals surface area contributed by atoms with Gasteiger partial charge in [-0.2, -0.15) is 0 Å². The average Bonchev–Trinajstić information content (AvgIpc) is 3.01. The van der Waals surface area contributed by atoms with Crippen LogP contribution in [0.1, 0.15) is 109 Å². The largest absolute Gasteiger partial charge is 0.481 e. The van der Waals surface area contributed by atoms with Gasteiger partial charge >= 0.3 is 5.97 Å². The quantitative estimate of drug-likeness (QED) is 0.0871. The molecule has 0 unspecified atom stereocenters.